The normalized spacial score (nSPS) is 24.6. The molecule has 0 radical (unpaired) electrons. The number of rotatable bonds is 3. The monoisotopic (exact) mass is 235 g/mol. The predicted molar refractivity (Wildman–Crippen MR) is 67.9 cm³/mol. The van der Waals surface area contributed by atoms with Crippen molar-refractivity contribution in [2.45, 2.75) is 52.1 Å². The summed E-state index contributed by atoms with van der Waals surface area (Å²) in [6, 6.07) is 0. The standard InChI is InChI=1S/C13H21N3O/c1-3-11-12(14)15-8-16-13(11)17-10-6-4-5-9(2)7-10/h8-10H,3-7H2,1-2H3,(H2,14,15,16). The number of nitrogen functional groups attached to an aromatic ring is 1. The summed E-state index contributed by atoms with van der Waals surface area (Å²) in [6.07, 6.45) is 7.38. The molecule has 1 aromatic heterocycles. The SMILES string of the molecule is CCc1c(N)ncnc1OC1CCCC(C)C1. The number of anilines is 1. The summed E-state index contributed by atoms with van der Waals surface area (Å²) in [7, 11) is 0. The lowest BCUT2D eigenvalue weighted by Crippen LogP contribution is -2.25. The van der Waals surface area contributed by atoms with E-state index in [1.54, 1.807) is 0 Å². The van der Waals surface area contributed by atoms with Gasteiger partial charge in [-0.15, -0.1) is 0 Å². The van der Waals surface area contributed by atoms with Gasteiger partial charge in [-0.25, -0.2) is 9.97 Å². The molecule has 1 saturated carbocycles. The van der Waals surface area contributed by atoms with E-state index in [2.05, 4.69) is 16.9 Å². The van der Waals surface area contributed by atoms with Gasteiger partial charge in [-0.05, 0) is 31.6 Å². The molecular weight excluding hydrogens is 214 g/mol. The van der Waals surface area contributed by atoms with Gasteiger partial charge in [0.15, 0.2) is 0 Å². The first-order valence-corrected chi connectivity index (χ1v) is 6.46. The van der Waals surface area contributed by atoms with Crippen LogP contribution in [-0.2, 0) is 6.42 Å². The Morgan fingerprint density at radius 3 is 2.94 bits per heavy atom. The van der Waals surface area contributed by atoms with Gasteiger partial charge in [0.25, 0.3) is 0 Å². The second kappa shape index (κ2) is 5.34. The zero-order valence-electron chi connectivity index (χ0n) is 10.6. The van der Waals surface area contributed by atoms with Crippen molar-refractivity contribution in [3.05, 3.63) is 11.9 Å². The van der Waals surface area contributed by atoms with E-state index in [4.69, 9.17) is 10.5 Å². The van der Waals surface area contributed by atoms with E-state index >= 15 is 0 Å². The molecule has 1 fully saturated rings. The Kier molecular flexibility index (Phi) is 3.82. The Morgan fingerprint density at radius 2 is 2.24 bits per heavy atom. The number of nitrogens with zero attached hydrogens (tertiary/aromatic N) is 2. The van der Waals surface area contributed by atoms with Crippen molar-refractivity contribution >= 4 is 5.82 Å². The second-order valence-electron chi connectivity index (χ2n) is 4.91. The molecule has 4 nitrogen and oxygen atoms in total. The lowest BCUT2D eigenvalue weighted by Gasteiger charge is -2.27. The number of hydrogen-bond donors (Lipinski definition) is 1. The molecule has 4 heteroatoms. The highest BCUT2D eigenvalue weighted by molar-refractivity contribution is 5.44. The van der Waals surface area contributed by atoms with Crippen LogP contribution in [0.25, 0.3) is 0 Å². The molecule has 1 heterocycles. The fourth-order valence-corrected chi connectivity index (χ4v) is 2.49. The topological polar surface area (TPSA) is 61.0 Å². The van der Waals surface area contributed by atoms with E-state index in [-0.39, 0.29) is 0 Å². The van der Waals surface area contributed by atoms with Gasteiger partial charge in [0.05, 0.1) is 5.56 Å². The van der Waals surface area contributed by atoms with Crippen LogP contribution in [0.4, 0.5) is 5.82 Å². The minimum Gasteiger partial charge on any atom is -0.474 e. The molecule has 0 saturated heterocycles. The van der Waals surface area contributed by atoms with Crippen molar-refractivity contribution in [2.75, 3.05) is 5.73 Å². The predicted octanol–water partition coefficient (Wildman–Crippen LogP) is 2.58. The summed E-state index contributed by atoms with van der Waals surface area (Å²) in [5, 5.41) is 0. The van der Waals surface area contributed by atoms with Gasteiger partial charge in [0, 0.05) is 0 Å². The molecule has 2 N–H and O–H groups in total. The Labute approximate surface area is 103 Å². The summed E-state index contributed by atoms with van der Waals surface area (Å²) >= 11 is 0. The smallest absolute Gasteiger partial charge is 0.222 e. The average Bonchev–Trinajstić information content (AvgIpc) is 2.29. The summed E-state index contributed by atoms with van der Waals surface area (Å²) in [4.78, 5) is 8.22. The molecule has 0 aromatic carbocycles. The number of ether oxygens (including phenoxy) is 1. The highest BCUT2D eigenvalue weighted by Crippen LogP contribution is 2.29. The van der Waals surface area contributed by atoms with Crippen LogP contribution in [0.2, 0.25) is 0 Å². The first-order valence-electron chi connectivity index (χ1n) is 6.46. The molecule has 17 heavy (non-hydrogen) atoms. The molecule has 94 valence electrons. The molecule has 1 aliphatic rings. The van der Waals surface area contributed by atoms with E-state index in [1.165, 1.54) is 19.2 Å². The highest BCUT2D eigenvalue weighted by atomic mass is 16.5. The van der Waals surface area contributed by atoms with E-state index in [1.807, 2.05) is 6.92 Å². The van der Waals surface area contributed by atoms with Crippen molar-refractivity contribution < 1.29 is 4.74 Å². The van der Waals surface area contributed by atoms with Crippen LogP contribution in [0.15, 0.2) is 6.33 Å². The lowest BCUT2D eigenvalue weighted by atomic mass is 9.89. The average molecular weight is 235 g/mol. The Morgan fingerprint density at radius 1 is 1.41 bits per heavy atom. The largest absolute Gasteiger partial charge is 0.474 e. The van der Waals surface area contributed by atoms with Crippen LogP contribution in [-0.4, -0.2) is 16.1 Å². The molecule has 2 atom stereocenters. The van der Waals surface area contributed by atoms with Gasteiger partial charge in [-0.3, -0.25) is 0 Å². The van der Waals surface area contributed by atoms with Crippen LogP contribution >= 0.6 is 0 Å². The molecule has 2 unspecified atom stereocenters. The van der Waals surface area contributed by atoms with E-state index in [0.717, 1.165) is 30.7 Å². The van der Waals surface area contributed by atoms with E-state index in [0.29, 0.717) is 17.8 Å². The van der Waals surface area contributed by atoms with Gasteiger partial charge in [0.2, 0.25) is 5.88 Å². The van der Waals surface area contributed by atoms with Crippen molar-refractivity contribution in [1.29, 1.82) is 0 Å². The third kappa shape index (κ3) is 2.87. The van der Waals surface area contributed by atoms with Crippen LogP contribution in [0.5, 0.6) is 5.88 Å². The maximum absolute atomic E-state index is 6.00. The highest BCUT2D eigenvalue weighted by Gasteiger charge is 2.22. The van der Waals surface area contributed by atoms with Crippen LogP contribution in [0.3, 0.4) is 0 Å². The molecule has 0 spiro atoms. The number of aromatic nitrogens is 2. The molecule has 0 bridgehead atoms. The summed E-state index contributed by atoms with van der Waals surface area (Å²) in [5.41, 5.74) is 6.77. The number of nitrogens with two attached hydrogens (primary N) is 1. The van der Waals surface area contributed by atoms with Gasteiger partial charge < -0.3 is 10.5 Å². The van der Waals surface area contributed by atoms with Crippen LogP contribution < -0.4 is 10.5 Å². The van der Waals surface area contributed by atoms with Crippen molar-refractivity contribution in [3.63, 3.8) is 0 Å². The summed E-state index contributed by atoms with van der Waals surface area (Å²) in [6.45, 7) is 4.33. The third-order valence-corrected chi connectivity index (χ3v) is 3.46. The minimum absolute atomic E-state index is 0.290. The van der Waals surface area contributed by atoms with Crippen LogP contribution in [0, 0.1) is 5.92 Å². The minimum atomic E-state index is 0.290. The zero-order valence-corrected chi connectivity index (χ0v) is 10.6. The fourth-order valence-electron chi connectivity index (χ4n) is 2.49. The molecule has 2 rings (SSSR count). The molecular formula is C13H21N3O. The van der Waals surface area contributed by atoms with Crippen molar-refractivity contribution in [1.82, 2.24) is 9.97 Å². The van der Waals surface area contributed by atoms with Gasteiger partial charge in [-0.1, -0.05) is 20.3 Å². The quantitative estimate of drug-likeness (QED) is 0.874. The summed E-state index contributed by atoms with van der Waals surface area (Å²) < 4.78 is 6.00. The van der Waals surface area contributed by atoms with E-state index < -0.39 is 0 Å². The molecule has 1 aliphatic carbocycles. The molecule has 0 amide bonds. The Hall–Kier alpha value is -1.32. The molecule has 1 aromatic rings. The van der Waals surface area contributed by atoms with Gasteiger partial charge >= 0.3 is 0 Å². The maximum atomic E-state index is 6.00. The first kappa shape index (κ1) is 12.1. The Bertz CT molecular complexity index is 381. The molecule has 0 aliphatic heterocycles. The van der Waals surface area contributed by atoms with E-state index in [9.17, 15) is 0 Å². The second-order valence-corrected chi connectivity index (χ2v) is 4.91. The van der Waals surface area contributed by atoms with Gasteiger partial charge in [-0.2, -0.15) is 0 Å². The third-order valence-electron chi connectivity index (χ3n) is 3.46. The maximum Gasteiger partial charge on any atom is 0.222 e. The van der Waals surface area contributed by atoms with Crippen LogP contribution in [0.1, 0.15) is 45.1 Å². The Balaban J connectivity index is 2.10. The first-order chi connectivity index (χ1) is 8.20. The number of hydrogen-bond acceptors (Lipinski definition) is 4. The summed E-state index contributed by atoms with van der Waals surface area (Å²) in [5.74, 6) is 1.97. The van der Waals surface area contributed by atoms with Gasteiger partial charge in [0.1, 0.15) is 18.2 Å². The van der Waals surface area contributed by atoms with Crippen molar-refractivity contribution in [2.24, 2.45) is 5.92 Å². The zero-order chi connectivity index (χ0) is 12.3. The lowest BCUT2D eigenvalue weighted by molar-refractivity contribution is 0.122. The fraction of sp³-hybridized carbons (Fsp3) is 0.692. The van der Waals surface area contributed by atoms with Crippen molar-refractivity contribution in [3.8, 4) is 5.88 Å².